The Morgan fingerprint density at radius 2 is 1.69 bits per heavy atom. The van der Waals surface area contributed by atoms with Crippen molar-refractivity contribution in [1.82, 2.24) is 0 Å². The minimum atomic E-state index is -0.353. The average Bonchev–Trinajstić information content (AvgIpc) is 2.15. The first kappa shape index (κ1) is 20.0. The molecule has 0 aliphatic rings. The molecule has 0 heterocycles. The normalized spacial score (nSPS) is 17.4. The molecule has 0 aromatic heterocycles. The Labute approximate surface area is 133 Å². The summed E-state index contributed by atoms with van der Waals surface area (Å²) in [5.41, 5.74) is 0. The minimum Gasteiger partial charge on any atom is -1.00 e. The zero-order valence-corrected chi connectivity index (χ0v) is 16.1. The van der Waals surface area contributed by atoms with Crippen molar-refractivity contribution >= 4 is 43.5 Å². The van der Waals surface area contributed by atoms with Gasteiger partial charge in [-0.2, -0.15) is 0 Å². The Morgan fingerprint density at radius 1 is 1.25 bits per heavy atom. The van der Waals surface area contributed by atoms with E-state index in [4.69, 9.17) is 11.6 Å². The van der Waals surface area contributed by atoms with Gasteiger partial charge in [-0.05, 0) is 27.2 Å². The highest BCUT2D eigenvalue weighted by atomic mass is 79.9. The van der Waals surface area contributed by atoms with Gasteiger partial charge in [0.15, 0.2) is 0 Å². The number of hydrogen-bond donors (Lipinski definition) is 0. The summed E-state index contributed by atoms with van der Waals surface area (Å²) < 4.78 is 0.787. The molecule has 2 unspecified atom stereocenters. The predicted molar refractivity (Wildman–Crippen MR) is 77.3 cm³/mol. The van der Waals surface area contributed by atoms with E-state index < -0.39 is 0 Å². The van der Waals surface area contributed by atoms with E-state index in [9.17, 15) is 0 Å². The lowest BCUT2D eigenvalue weighted by Crippen LogP contribution is -3.00. The fourth-order valence-corrected chi connectivity index (χ4v) is 2.69. The van der Waals surface area contributed by atoms with Gasteiger partial charge in [0.25, 0.3) is 0 Å². The number of quaternary nitrogens is 1. The molecule has 0 saturated heterocycles. The van der Waals surface area contributed by atoms with Gasteiger partial charge in [-0.3, -0.25) is 0 Å². The van der Waals surface area contributed by atoms with E-state index >= 15 is 0 Å². The Kier molecular flexibility index (Phi) is 10.9. The van der Waals surface area contributed by atoms with Crippen LogP contribution in [0.3, 0.4) is 0 Å². The maximum absolute atomic E-state index is 6.26. The molecule has 0 spiro atoms. The first-order chi connectivity index (χ1) is 6.81. The van der Waals surface area contributed by atoms with E-state index in [0.717, 1.165) is 11.0 Å². The van der Waals surface area contributed by atoms with E-state index in [-0.39, 0.29) is 25.6 Å². The summed E-state index contributed by atoms with van der Waals surface area (Å²) in [6.07, 6.45) is 1.22. The van der Waals surface area contributed by atoms with Crippen molar-refractivity contribution < 1.29 is 21.5 Å². The molecule has 0 radical (unpaired) electrons. The van der Waals surface area contributed by atoms with Crippen LogP contribution in [0.5, 0.6) is 0 Å². The van der Waals surface area contributed by atoms with E-state index in [0.29, 0.717) is 0 Å². The van der Waals surface area contributed by atoms with Crippen LogP contribution in [0.4, 0.5) is 0 Å². The molecule has 0 aromatic rings. The first-order valence-corrected chi connectivity index (χ1v) is 7.77. The molecule has 0 aromatic carbocycles. The molecule has 0 saturated carbocycles. The topological polar surface area (TPSA) is 0 Å². The van der Waals surface area contributed by atoms with Crippen LogP contribution in [-0.4, -0.2) is 39.3 Å². The summed E-state index contributed by atoms with van der Waals surface area (Å²) in [4.78, 5) is 0.290. The van der Waals surface area contributed by atoms with Gasteiger partial charge in [0, 0.05) is 0 Å². The van der Waals surface area contributed by atoms with Gasteiger partial charge in [0.2, 0.25) is 0 Å². The molecule has 0 aliphatic carbocycles. The smallest absolute Gasteiger partial charge is 0.114 e. The minimum absolute atomic E-state index is 0. The van der Waals surface area contributed by atoms with Gasteiger partial charge in [0.1, 0.15) is 3.78 Å². The summed E-state index contributed by atoms with van der Waals surface area (Å²) >= 11 is 13.5. The maximum Gasteiger partial charge on any atom is 0.114 e. The summed E-state index contributed by atoms with van der Waals surface area (Å²) in [6, 6.07) is 0. The van der Waals surface area contributed by atoms with Crippen LogP contribution >= 0.6 is 43.5 Å². The second-order valence-electron chi connectivity index (χ2n) is 4.30. The van der Waals surface area contributed by atoms with E-state index in [2.05, 4.69) is 52.6 Å². The molecule has 16 heavy (non-hydrogen) atoms. The van der Waals surface area contributed by atoms with Crippen LogP contribution in [-0.2, 0) is 0 Å². The van der Waals surface area contributed by atoms with Crippen molar-refractivity contribution in [2.75, 3.05) is 26.2 Å². The average molecular weight is 444 g/mol. The molecular weight excluding hydrogens is 421 g/mol. The third-order valence-corrected chi connectivity index (χ3v) is 6.04. The molecule has 0 N–H and O–H groups in total. The molecule has 0 rings (SSSR count). The van der Waals surface area contributed by atoms with Crippen LogP contribution in [0.25, 0.3) is 0 Å². The number of rotatable bonds is 7. The zero-order chi connectivity index (χ0) is 12.1. The van der Waals surface area contributed by atoms with E-state index in [1.165, 1.54) is 26.1 Å². The van der Waals surface area contributed by atoms with Crippen LogP contribution in [0, 0.1) is 0 Å². The molecule has 5 heteroatoms. The molecule has 0 aliphatic heterocycles. The first-order valence-electron chi connectivity index (χ1n) is 5.68. The Morgan fingerprint density at radius 3 is 1.94 bits per heavy atom. The van der Waals surface area contributed by atoms with Crippen LogP contribution in [0.15, 0.2) is 0 Å². The molecular formula is C11H23Br3ClN. The maximum atomic E-state index is 6.26. The summed E-state index contributed by atoms with van der Waals surface area (Å²) in [6.45, 7) is 13.4. The van der Waals surface area contributed by atoms with Gasteiger partial charge >= 0.3 is 0 Å². The molecule has 1 nitrogen and oxygen atoms in total. The third-order valence-electron chi connectivity index (χ3n) is 3.14. The summed E-state index contributed by atoms with van der Waals surface area (Å²) in [7, 11) is 0. The number of halogens is 4. The van der Waals surface area contributed by atoms with Gasteiger partial charge in [-0.15, -0.1) is 11.6 Å². The molecule has 0 amide bonds. The van der Waals surface area contributed by atoms with Gasteiger partial charge in [-0.1, -0.05) is 38.8 Å². The summed E-state index contributed by atoms with van der Waals surface area (Å²) in [5.74, 6) is 0. The largest absolute Gasteiger partial charge is 1.00 e. The zero-order valence-electron chi connectivity index (χ0n) is 10.6. The fourth-order valence-electron chi connectivity index (χ4n) is 1.86. The highest BCUT2D eigenvalue weighted by Gasteiger charge is 2.35. The van der Waals surface area contributed by atoms with E-state index in [1.807, 2.05) is 6.92 Å². The van der Waals surface area contributed by atoms with Crippen molar-refractivity contribution in [3.8, 4) is 0 Å². The van der Waals surface area contributed by atoms with Crippen molar-refractivity contribution in [2.24, 2.45) is 0 Å². The lowest BCUT2D eigenvalue weighted by Gasteiger charge is -2.40. The lowest BCUT2D eigenvalue weighted by molar-refractivity contribution is -0.924. The lowest BCUT2D eigenvalue weighted by atomic mass is 10.2. The monoisotopic (exact) mass is 441 g/mol. The van der Waals surface area contributed by atoms with Crippen molar-refractivity contribution in [3.05, 3.63) is 0 Å². The van der Waals surface area contributed by atoms with Gasteiger partial charge < -0.3 is 21.5 Å². The fraction of sp³-hybridized carbons (Fsp3) is 1.00. The van der Waals surface area contributed by atoms with Gasteiger partial charge in [0.05, 0.1) is 31.0 Å². The standard InChI is InChI=1S/C11H23Br2ClN.BrH/c1-5-8-15(6-2,7-3)9-10(12)11(4,13)14;/h10H,5-9H2,1-4H3;1H/q+1;/p-1. The van der Waals surface area contributed by atoms with Gasteiger partial charge in [-0.25, -0.2) is 0 Å². The van der Waals surface area contributed by atoms with Crippen LogP contribution in [0.2, 0.25) is 0 Å². The van der Waals surface area contributed by atoms with Crippen molar-refractivity contribution in [2.45, 2.75) is 42.7 Å². The quantitative estimate of drug-likeness (QED) is 0.411. The van der Waals surface area contributed by atoms with Crippen molar-refractivity contribution in [3.63, 3.8) is 0 Å². The second-order valence-corrected chi connectivity index (χ2v) is 8.30. The molecule has 2 atom stereocenters. The van der Waals surface area contributed by atoms with E-state index in [1.54, 1.807) is 0 Å². The number of nitrogens with zero attached hydrogens (tertiary/aromatic N) is 1. The third kappa shape index (κ3) is 6.58. The highest BCUT2D eigenvalue weighted by Crippen LogP contribution is 2.33. The number of alkyl halides is 3. The van der Waals surface area contributed by atoms with Crippen molar-refractivity contribution in [1.29, 1.82) is 0 Å². The molecule has 0 bridgehead atoms. The van der Waals surface area contributed by atoms with Crippen LogP contribution < -0.4 is 17.0 Å². The van der Waals surface area contributed by atoms with Crippen LogP contribution in [0.1, 0.15) is 34.1 Å². The summed E-state index contributed by atoms with van der Waals surface area (Å²) in [5, 5.41) is 0. The number of hydrogen-bond acceptors (Lipinski definition) is 0. The second kappa shape index (κ2) is 8.73. The highest BCUT2D eigenvalue weighted by molar-refractivity contribution is 9.13. The molecule has 100 valence electrons. The Bertz CT molecular complexity index is 179. The predicted octanol–water partition coefficient (Wildman–Crippen LogP) is 1.37. The Balaban J connectivity index is 0. The SMILES string of the molecule is CCC[N+](CC)(CC)CC(Br)C(C)(Cl)Br.[Br-]. The molecule has 0 fully saturated rings. The Hall–Kier alpha value is 1.69.